The summed E-state index contributed by atoms with van der Waals surface area (Å²) in [6, 6.07) is 2.19. The van der Waals surface area contributed by atoms with Crippen molar-refractivity contribution in [1.82, 2.24) is 14.5 Å². The van der Waals surface area contributed by atoms with Crippen molar-refractivity contribution in [2.24, 2.45) is 0 Å². The van der Waals surface area contributed by atoms with E-state index in [0.29, 0.717) is 11.2 Å². The van der Waals surface area contributed by atoms with Crippen LogP contribution >= 0.6 is 0 Å². The second-order valence-electron chi connectivity index (χ2n) is 4.42. The summed E-state index contributed by atoms with van der Waals surface area (Å²) in [5.74, 6) is 0. The molecule has 2 rings (SSSR count). The summed E-state index contributed by atoms with van der Waals surface area (Å²) in [4.78, 5) is 8.37. The van der Waals surface area contributed by atoms with Gasteiger partial charge in [-0.1, -0.05) is 0 Å². The van der Waals surface area contributed by atoms with E-state index in [2.05, 4.69) is 16.0 Å². The van der Waals surface area contributed by atoms with E-state index in [1.54, 1.807) is 12.4 Å². The van der Waals surface area contributed by atoms with Crippen molar-refractivity contribution in [3.63, 3.8) is 0 Å². The topological polar surface area (TPSA) is 54.5 Å². The van der Waals surface area contributed by atoms with E-state index < -0.39 is 0 Å². The van der Waals surface area contributed by atoms with Gasteiger partial charge < -0.3 is 4.57 Å². The number of nitrogens with zero attached hydrogens (tertiary/aromatic N) is 4. The van der Waals surface area contributed by atoms with Gasteiger partial charge in [0.2, 0.25) is 0 Å². The van der Waals surface area contributed by atoms with Gasteiger partial charge in [0.25, 0.3) is 0 Å². The minimum absolute atomic E-state index is 0.132. The van der Waals surface area contributed by atoms with E-state index in [1.807, 2.05) is 31.5 Å². The van der Waals surface area contributed by atoms with Crippen LogP contribution in [-0.2, 0) is 5.54 Å². The molecule has 0 saturated carbocycles. The summed E-state index contributed by atoms with van der Waals surface area (Å²) < 4.78 is 1.91. The number of fused-ring (bicyclic) bond motifs is 1. The first-order valence-electron chi connectivity index (χ1n) is 4.76. The second-order valence-corrected chi connectivity index (χ2v) is 4.42. The molecule has 4 heteroatoms. The standard InChI is InChI=1S/C11H12N4/c1-11(2,3)15-7-8-10(9(15)6-12)14-5-4-13-8/h4-5,7H,1-3H3. The van der Waals surface area contributed by atoms with Crippen LogP contribution in [0.4, 0.5) is 0 Å². The smallest absolute Gasteiger partial charge is 0.149 e. The van der Waals surface area contributed by atoms with Crippen molar-refractivity contribution in [3.05, 3.63) is 24.3 Å². The number of aromatic nitrogens is 3. The normalized spacial score (nSPS) is 11.6. The predicted molar refractivity (Wildman–Crippen MR) is 57.2 cm³/mol. The monoisotopic (exact) mass is 200 g/mol. The zero-order valence-corrected chi connectivity index (χ0v) is 9.02. The van der Waals surface area contributed by atoms with Gasteiger partial charge in [-0.25, -0.2) is 4.98 Å². The average Bonchev–Trinajstić information content (AvgIpc) is 2.55. The molecule has 0 atom stereocenters. The predicted octanol–water partition coefficient (Wildman–Crippen LogP) is 2.06. The van der Waals surface area contributed by atoms with Crippen molar-refractivity contribution < 1.29 is 0 Å². The molecule has 0 aliphatic rings. The van der Waals surface area contributed by atoms with Crippen LogP contribution < -0.4 is 0 Å². The fourth-order valence-corrected chi connectivity index (χ4v) is 1.56. The highest BCUT2D eigenvalue weighted by molar-refractivity contribution is 5.80. The lowest BCUT2D eigenvalue weighted by molar-refractivity contribution is 0.396. The van der Waals surface area contributed by atoms with Gasteiger partial charge in [-0.3, -0.25) is 4.98 Å². The molecule has 0 fully saturated rings. The Balaban J connectivity index is 2.83. The van der Waals surface area contributed by atoms with E-state index in [9.17, 15) is 0 Å². The van der Waals surface area contributed by atoms with Crippen molar-refractivity contribution >= 4 is 11.0 Å². The fraction of sp³-hybridized carbons (Fsp3) is 0.364. The van der Waals surface area contributed by atoms with Crippen LogP contribution in [0.2, 0.25) is 0 Å². The lowest BCUT2D eigenvalue weighted by Gasteiger charge is -2.21. The highest BCUT2D eigenvalue weighted by Gasteiger charge is 2.20. The molecule has 0 unspecified atom stereocenters. The molecule has 0 radical (unpaired) electrons. The van der Waals surface area contributed by atoms with E-state index >= 15 is 0 Å². The molecule has 0 spiro atoms. The first-order valence-corrected chi connectivity index (χ1v) is 4.76. The first-order chi connectivity index (χ1) is 7.04. The van der Waals surface area contributed by atoms with Crippen LogP contribution in [0.3, 0.4) is 0 Å². The van der Waals surface area contributed by atoms with Crippen LogP contribution in [0.1, 0.15) is 26.5 Å². The number of rotatable bonds is 0. The largest absolute Gasteiger partial charge is 0.330 e. The average molecular weight is 200 g/mol. The van der Waals surface area contributed by atoms with E-state index in [0.717, 1.165) is 5.52 Å². The summed E-state index contributed by atoms with van der Waals surface area (Å²) in [6.45, 7) is 6.14. The SMILES string of the molecule is CC(C)(C)n1cc2nccnc2c1C#N. The van der Waals surface area contributed by atoms with E-state index in [-0.39, 0.29) is 5.54 Å². The Kier molecular flexibility index (Phi) is 1.97. The Morgan fingerprint density at radius 3 is 2.53 bits per heavy atom. The van der Waals surface area contributed by atoms with Crippen molar-refractivity contribution in [1.29, 1.82) is 5.26 Å². The zero-order chi connectivity index (χ0) is 11.1. The minimum Gasteiger partial charge on any atom is -0.330 e. The fourth-order valence-electron chi connectivity index (χ4n) is 1.56. The third-order valence-electron chi connectivity index (χ3n) is 2.27. The van der Waals surface area contributed by atoms with Gasteiger partial charge in [0.1, 0.15) is 22.8 Å². The van der Waals surface area contributed by atoms with Crippen LogP contribution in [0.15, 0.2) is 18.6 Å². The number of nitriles is 1. The maximum atomic E-state index is 9.13. The van der Waals surface area contributed by atoms with Gasteiger partial charge in [-0.15, -0.1) is 0 Å². The number of hydrogen-bond donors (Lipinski definition) is 0. The molecule has 0 N–H and O–H groups in total. The summed E-state index contributed by atoms with van der Waals surface area (Å²) >= 11 is 0. The Hall–Kier alpha value is -1.89. The van der Waals surface area contributed by atoms with Gasteiger partial charge in [-0.2, -0.15) is 5.26 Å². The van der Waals surface area contributed by atoms with Gasteiger partial charge in [0.15, 0.2) is 0 Å². The Bertz CT molecular complexity index is 540. The minimum atomic E-state index is -0.132. The molecule has 0 saturated heterocycles. The molecule has 0 amide bonds. The lowest BCUT2D eigenvalue weighted by Crippen LogP contribution is -2.22. The Morgan fingerprint density at radius 2 is 1.93 bits per heavy atom. The maximum Gasteiger partial charge on any atom is 0.149 e. The molecule has 2 aromatic rings. The third kappa shape index (κ3) is 1.46. The molecule has 0 aliphatic carbocycles. The molecular formula is C11H12N4. The van der Waals surface area contributed by atoms with Crippen molar-refractivity contribution in [3.8, 4) is 6.07 Å². The summed E-state index contributed by atoms with van der Waals surface area (Å²) in [5.41, 5.74) is 1.89. The van der Waals surface area contributed by atoms with Crippen molar-refractivity contribution in [2.75, 3.05) is 0 Å². The van der Waals surface area contributed by atoms with Gasteiger partial charge in [0, 0.05) is 24.1 Å². The van der Waals surface area contributed by atoms with Crippen molar-refractivity contribution in [2.45, 2.75) is 26.3 Å². The molecule has 0 bridgehead atoms. The first kappa shape index (κ1) is 9.66. The second kappa shape index (κ2) is 3.06. The molecular weight excluding hydrogens is 188 g/mol. The Morgan fingerprint density at radius 1 is 1.27 bits per heavy atom. The Labute approximate surface area is 88.2 Å². The molecule has 0 aromatic carbocycles. The van der Waals surface area contributed by atoms with Crippen LogP contribution in [0, 0.1) is 11.3 Å². The van der Waals surface area contributed by atoms with Gasteiger partial charge in [-0.05, 0) is 20.8 Å². The van der Waals surface area contributed by atoms with Gasteiger partial charge >= 0.3 is 0 Å². The van der Waals surface area contributed by atoms with Gasteiger partial charge in [0.05, 0.1) is 0 Å². The summed E-state index contributed by atoms with van der Waals surface area (Å²) in [6.07, 6.45) is 5.12. The summed E-state index contributed by atoms with van der Waals surface area (Å²) in [5, 5.41) is 9.13. The quantitative estimate of drug-likeness (QED) is 0.654. The molecule has 76 valence electrons. The summed E-state index contributed by atoms with van der Waals surface area (Å²) in [7, 11) is 0. The van der Waals surface area contributed by atoms with E-state index in [4.69, 9.17) is 5.26 Å². The van der Waals surface area contributed by atoms with Crippen LogP contribution in [-0.4, -0.2) is 14.5 Å². The molecule has 2 aromatic heterocycles. The molecule has 15 heavy (non-hydrogen) atoms. The molecule has 0 aliphatic heterocycles. The maximum absolute atomic E-state index is 9.13. The van der Waals surface area contributed by atoms with E-state index in [1.165, 1.54) is 0 Å². The molecule has 2 heterocycles. The van der Waals surface area contributed by atoms with Crippen LogP contribution in [0.5, 0.6) is 0 Å². The van der Waals surface area contributed by atoms with Crippen LogP contribution in [0.25, 0.3) is 11.0 Å². The third-order valence-corrected chi connectivity index (χ3v) is 2.27. The number of hydrogen-bond acceptors (Lipinski definition) is 3. The molecule has 4 nitrogen and oxygen atoms in total. The lowest BCUT2D eigenvalue weighted by atomic mass is 10.1. The highest BCUT2D eigenvalue weighted by Crippen LogP contribution is 2.23. The zero-order valence-electron chi connectivity index (χ0n) is 9.02. The highest BCUT2D eigenvalue weighted by atomic mass is 15.1.